The summed E-state index contributed by atoms with van der Waals surface area (Å²) in [5.41, 5.74) is 1.51. The van der Waals surface area contributed by atoms with Gasteiger partial charge >= 0.3 is 0 Å². The van der Waals surface area contributed by atoms with Crippen molar-refractivity contribution in [3.8, 4) is 0 Å². The average Bonchev–Trinajstić information content (AvgIpc) is 2.89. The van der Waals surface area contributed by atoms with Crippen molar-refractivity contribution >= 4 is 11.8 Å². The number of rotatable bonds is 4. The molecule has 1 aromatic carbocycles. The molecule has 1 nitrogen and oxygen atoms in total. The molecule has 0 N–H and O–H groups in total. The van der Waals surface area contributed by atoms with Gasteiger partial charge in [-0.2, -0.15) is 0 Å². The molecule has 3 atom stereocenters. The summed E-state index contributed by atoms with van der Waals surface area (Å²) in [5, 5.41) is 0. The maximum Gasteiger partial charge on any atom is 0.0603 e. The molecule has 0 radical (unpaired) electrons. The van der Waals surface area contributed by atoms with Gasteiger partial charge in [0.25, 0.3) is 0 Å². The molecule has 2 heteroatoms. The van der Waals surface area contributed by atoms with Gasteiger partial charge in [-0.25, -0.2) is 0 Å². The van der Waals surface area contributed by atoms with Crippen LogP contribution in [0.15, 0.2) is 29.2 Å². The third kappa shape index (κ3) is 3.00. The van der Waals surface area contributed by atoms with E-state index in [0.717, 1.165) is 12.5 Å². The number of benzene rings is 1. The first-order valence-electron chi connectivity index (χ1n) is 7.71. The zero-order chi connectivity index (χ0) is 13.1. The first-order chi connectivity index (χ1) is 9.38. The lowest BCUT2D eigenvalue weighted by Gasteiger charge is -2.31. The van der Waals surface area contributed by atoms with Crippen molar-refractivity contribution in [3.05, 3.63) is 29.8 Å². The quantitative estimate of drug-likeness (QED) is 0.776. The van der Waals surface area contributed by atoms with E-state index in [1.807, 2.05) is 11.8 Å². The van der Waals surface area contributed by atoms with Crippen LogP contribution in [0.4, 0.5) is 0 Å². The van der Waals surface area contributed by atoms with Crippen molar-refractivity contribution in [3.63, 3.8) is 0 Å². The van der Waals surface area contributed by atoms with Crippen LogP contribution in [-0.4, -0.2) is 18.5 Å². The third-order valence-corrected chi connectivity index (χ3v) is 5.93. The van der Waals surface area contributed by atoms with Crippen LogP contribution < -0.4 is 0 Å². The van der Waals surface area contributed by atoms with Gasteiger partial charge in [0.2, 0.25) is 0 Å². The largest absolute Gasteiger partial charge is 0.377 e. The van der Waals surface area contributed by atoms with E-state index >= 15 is 0 Å². The lowest BCUT2D eigenvalue weighted by molar-refractivity contribution is -0.0164. The van der Waals surface area contributed by atoms with Crippen molar-refractivity contribution in [2.75, 3.05) is 12.4 Å². The molecule has 2 aliphatic rings. The van der Waals surface area contributed by atoms with Crippen LogP contribution in [0.5, 0.6) is 0 Å². The SMILES string of the molecule is CCC1CCCCC1OCC1CSc2ccccc21. The van der Waals surface area contributed by atoms with E-state index in [1.165, 1.54) is 48.3 Å². The molecule has 1 saturated carbocycles. The number of thioether (sulfide) groups is 1. The number of hydrogen-bond donors (Lipinski definition) is 0. The van der Waals surface area contributed by atoms with Crippen LogP contribution in [0.3, 0.4) is 0 Å². The predicted molar refractivity (Wildman–Crippen MR) is 81.9 cm³/mol. The Morgan fingerprint density at radius 1 is 1.21 bits per heavy atom. The van der Waals surface area contributed by atoms with Crippen LogP contribution in [0.2, 0.25) is 0 Å². The zero-order valence-electron chi connectivity index (χ0n) is 11.8. The van der Waals surface area contributed by atoms with E-state index in [0.29, 0.717) is 12.0 Å². The molecule has 0 amide bonds. The Morgan fingerprint density at radius 3 is 2.95 bits per heavy atom. The van der Waals surface area contributed by atoms with Crippen LogP contribution in [0.1, 0.15) is 50.5 Å². The zero-order valence-corrected chi connectivity index (χ0v) is 12.6. The maximum absolute atomic E-state index is 6.31. The second kappa shape index (κ2) is 6.32. The Morgan fingerprint density at radius 2 is 2.05 bits per heavy atom. The predicted octanol–water partition coefficient (Wildman–Crippen LogP) is 4.86. The molecule has 1 aliphatic heterocycles. The normalized spacial score (nSPS) is 30.3. The van der Waals surface area contributed by atoms with Gasteiger partial charge in [0, 0.05) is 16.6 Å². The second-order valence-corrected chi connectivity index (χ2v) is 6.93. The Hall–Kier alpha value is -0.470. The van der Waals surface area contributed by atoms with Crippen LogP contribution in [0.25, 0.3) is 0 Å². The fraction of sp³-hybridized carbons (Fsp3) is 0.647. The van der Waals surface area contributed by atoms with E-state index in [2.05, 4.69) is 31.2 Å². The highest BCUT2D eigenvalue weighted by Crippen LogP contribution is 2.40. The molecular weight excluding hydrogens is 252 g/mol. The summed E-state index contributed by atoms with van der Waals surface area (Å²) in [6.45, 7) is 3.23. The highest BCUT2D eigenvalue weighted by Gasteiger charge is 2.28. The minimum Gasteiger partial charge on any atom is -0.377 e. The lowest BCUT2D eigenvalue weighted by Crippen LogP contribution is -2.29. The van der Waals surface area contributed by atoms with Gasteiger partial charge in [0.1, 0.15) is 0 Å². The summed E-state index contributed by atoms with van der Waals surface area (Å²) >= 11 is 1.99. The Kier molecular flexibility index (Phi) is 4.49. The summed E-state index contributed by atoms with van der Waals surface area (Å²) in [7, 11) is 0. The van der Waals surface area contributed by atoms with Crippen molar-refractivity contribution in [2.24, 2.45) is 5.92 Å². The van der Waals surface area contributed by atoms with Gasteiger partial charge in [0.15, 0.2) is 0 Å². The summed E-state index contributed by atoms with van der Waals surface area (Å²) in [6.07, 6.45) is 7.21. The molecule has 1 aromatic rings. The summed E-state index contributed by atoms with van der Waals surface area (Å²) < 4.78 is 6.31. The fourth-order valence-corrected chi connectivity index (χ4v) is 4.70. The van der Waals surface area contributed by atoms with E-state index in [9.17, 15) is 0 Å². The average molecular weight is 276 g/mol. The summed E-state index contributed by atoms with van der Waals surface area (Å²) in [6, 6.07) is 8.83. The van der Waals surface area contributed by atoms with Crippen LogP contribution in [0, 0.1) is 5.92 Å². The van der Waals surface area contributed by atoms with Gasteiger partial charge in [0.05, 0.1) is 12.7 Å². The van der Waals surface area contributed by atoms with E-state index in [-0.39, 0.29) is 0 Å². The molecule has 19 heavy (non-hydrogen) atoms. The number of ether oxygens (including phenoxy) is 1. The molecular formula is C17H24OS. The number of fused-ring (bicyclic) bond motifs is 1. The van der Waals surface area contributed by atoms with E-state index in [1.54, 1.807) is 0 Å². The van der Waals surface area contributed by atoms with Gasteiger partial charge in [-0.1, -0.05) is 44.4 Å². The molecule has 0 spiro atoms. The smallest absolute Gasteiger partial charge is 0.0603 e. The molecule has 1 aliphatic carbocycles. The van der Waals surface area contributed by atoms with Crippen molar-refractivity contribution in [2.45, 2.75) is 55.9 Å². The van der Waals surface area contributed by atoms with Gasteiger partial charge in [-0.05, 0) is 30.4 Å². The topological polar surface area (TPSA) is 9.23 Å². The highest BCUT2D eigenvalue weighted by atomic mass is 32.2. The van der Waals surface area contributed by atoms with Crippen molar-refractivity contribution < 1.29 is 4.74 Å². The molecule has 1 fully saturated rings. The molecule has 0 bridgehead atoms. The monoisotopic (exact) mass is 276 g/mol. The Labute approximate surface area is 121 Å². The fourth-order valence-electron chi connectivity index (χ4n) is 3.47. The maximum atomic E-state index is 6.31. The van der Waals surface area contributed by atoms with E-state index < -0.39 is 0 Å². The first kappa shape index (κ1) is 13.5. The van der Waals surface area contributed by atoms with Crippen molar-refractivity contribution in [1.82, 2.24) is 0 Å². The number of hydrogen-bond acceptors (Lipinski definition) is 2. The minimum atomic E-state index is 0.525. The van der Waals surface area contributed by atoms with Crippen molar-refractivity contribution in [1.29, 1.82) is 0 Å². The summed E-state index contributed by atoms with van der Waals surface area (Å²) in [5.74, 6) is 2.61. The van der Waals surface area contributed by atoms with E-state index in [4.69, 9.17) is 4.74 Å². The second-order valence-electron chi connectivity index (χ2n) is 5.87. The molecule has 3 unspecified atom stereocenters. The standard InChI is InChI=1S/C17H24OS/c1-2-13-7-3-5-9-16(13)18-11-14-12-19-17-10-6-4-8-15(14)17/h4,6,8,10,13-14,16H,2-3,5,7,9,11-12H2,1H3. The molecule has 104 valence electrons. The molecule has 0 saturated heterocycles. The lowest BCUT2D eigenvalue weighted by atomic mass is 9.84. The third-order valence-electron chi connectivity index (χ3n) is 4.67. The van der Waals surface area contributed by atoms with Gasteiger partial charge in [-0.15, -0.1) is 11.8 Å². The molecule has 0 aromatic heterocycles. The first-order valence-corrected chi connectivity index (χ1v) is 8.70. The van der Waals surface area contributed by atoms with Crippen LogP contribution >= 0.6 is 11.8 Å². The molecule has 3 rings (SSSR count). The Bertz CT molecular complexity index is 417. The molecule has 1 heterocycles. The van der Waals surface area contributed by atoms with Gasteiger partial charge < -0.3 is 4.74 Å². The highest BCUT2D eigenvalue weighted by molar-refractivity contribution is 7.99. The minimum absolute atomic E-state index is 0.525. The summed E-state index contributed by atoms with van der Waals surface area (Å²) in [4.78, 5) is 1.46. The Balaban J connectivity index is 1.58. The van der Waals surface area contributed by atoms with Gasteiger partial charge in [-0.3, -0.25) is 0 Å². The van der Waals surface area contributed by atoms with Crippen LogP contribution in [-0.2, 0) is 4.74 Å².